The van der Waals surface area contributed by atoms with Crippen molar-refractivity contribution < 1.29 is 0 Å². The average Bonchev–Trinajstić information content (AvgIpc) is 3.00. The summed E-state index contributed by atoms with van der Waals surface area (Å²) in [6, 6.07) is 11.2. The number of rotatable bonds is 6. The monoisotopic (exact) mass is 271 g/mol. The van der Waals surface area contributed by atoms with E-state index in [-0.39, 0.29) is 6.04 Å². The molecule has 1 aromatic carbocycles. The summed E-state index contributed by atoms with van der Waals surface area (Å²) in [7, 11) is 0. The third-order valence-corrected chi connectivity index (χ3v) is 4.24. The molecule has 0 aromatic heterocycles. The van der Waals surface area contributed by atoms with Crippen molar-refractivity contribution in [3.63, 3.8) is 0 Å². The minimum atomic E-state index is -0.177. The van der Waals surface area contributed by atoms with Gasteiger partial charge in [-0.2, -0.15) is 5.26 Å². The predicted molar refractivity (Wildman–Crippen MR) is 83.7 cm³/mol. The second kappa shape index (κ2) is 7.31. The van der Waals surface area contributed by atoms with Crippen LogP contribution < -0.4 is 10.2 Å². The van der Waals surface area contributed by atoms with Crippen LogP contribution in [0.3, 0.4) is 0 Å². The van der Waals surface area contributed by atoms with Gasteiger partial charge in [-0.1, -0.05) is 25.0 Å². The van der Waals surface area contributed by atoms with E-state index in [1.54, 1.807) is 0 Å². The maximum atomic E-state index is 9.39. The Bertz CT molecular complexity index is 436. The average molecular weight is 271 g/mol. The van der Waals surface area contributed by atoms with E-state index in [0.717, 1.165) is 18.7 Å². The topological polar surface area (TPSA) is 39.1 Å². The van der Waals surface area contributed by atoms with Crippen molar-refractivity contribution in [2.24, 2.45) is 0 Å². The largest absolute Gasteiger partial charge is 0.372 e. The molecule has 1 aromatic rings. The van der Waals surface area contributed by atoms with Gasteiger partial charge in [0, 0.05) is 24.8 Å². The minimum absolute atomic E-state index is 0.177. The van der Waals surface area contributed by atoms with Gasteiger partial charge in [0.25, 0.3) is 0 Å². The highest BCUT2D eigenvalue weighted by Crippen LogP contribution is 2.23. The Morgan fingerprint density at radius 1 is 1.20 bits per heavy atom. The number of nitriles is 1. The Kier molecular flexibility index (Phi) is 5.43. The summed E-state index contributed by atoms with van der Waals surface area (Å²) in [6.07, 6.45) is 4.98. The molecular weight excluding hydrogens is 246 g/mol. The molecule has 108 valence electrons. The summed E-state index contributed by atoms with van der Waals surface area (Å²) in [5.74, 6) is 0. The lowest BCUT2D eigenvalue weighted by atomic mass is 10.1. The molecule has 0 aliphatic heterocycles. The fourth-order valence-electron chi connectivity index (χ4n) is 3.00. The number of benzene rings is 1. The molecule has 0 radical (unpaired) electrons. The Labute approximate surface area is 122 Å². The first-order chi connectivity index (χ1) is 9.78. The molecule has 0 amide bonds. The van der Waals surface area contributed by atoms with Crippen molar-refractivity contribution in [1.29, 1.82) is 5.26 Å². The van der Waals surface area contributed by atoms with E-state index in [4.69, 9.17) is 0 Å². The number of hydrogen-bond donors (Lipinski definition) is 1. The van der Waals surface area contributed by atoms with Gasteiger partial charge in [-0.15, -0.1) is 0 Å². The maximum Gasteiger partial charge on any atom is 0.121 e. The molecule has 2 rings (SSSR count). The zero-order valence-corrected chi connectivity index (χ0v) is 12.6. The molecule has 1 N–H and O–H groups in total. The summed E-state index contributed by atoms with van der Waals surface area (Å²) >= 11 is 0. The molecule has 3 heteroatoms. The molecule has 3 nitrogen and oxygen atoms in total. The molecule has 1 saturated carbocycles. The molecule has 0 heterocycles. The van der Waals surface area contributed by atoms with Gasteiger partial charge in [-0.05, 0) is 44.4 Å². The van der Waals surface area contributed by atoms with E-state index in [1.165, 1.54) is 31.4 Å². The SMILES string of the molecule is CCN(CC)c1ccc(C(C#N)NC2CCCC2)cc1. The first kappa shape index (κ1) is 14.9. The van der Waals surface area contributed by atoms with Crippen molar-refractivity contribution in [1.82, 2.24) is 5.32 Å². The van der Waals surface area contributed by atoms with Crippen LogP contribution in [-0.2, 0) is 0 Å². The number of nitrogens with one attached hydrogen (secondary N) is 1. The van der Waals surface area contributed by atoms with Gasteiger partial charge >= 0.3 is 0 Å². The molecule has 1 fully saturated rings. The molecule has 20 heavy (non-hydrogen) atoms. The zero-order chi connectivity index (χ0) is 14.4. The lowest BCUT2D eigenvalue weighted by molar-refractivity contribution is 0.492. The summed E-state index contributed by atoms with van der Waals surface area (Å²) in [5, 5.41) is 12.9. The standard InChI is InChI=1S/C17H25N3/c1-3-20(4-2)16-11-9-14(10-12-16)17(13-18)19-15-7-5-6-8-15/h9-12,15,17,19H,3-8H2,1-2H3. The van der Waals surface area contributed by atoms with Crippen LogP contribution in [0.1, 0.15) is 51.1 Å². The Hall–Kier alpha value is -1.53. The van der Waals surface area contributed by atoms with Crippen LogP contribution in [0.5, 0.6) is 0 Å². The van der Waals surface area contributed by atoms with Crippen molar-refractivity contribution in [3.05, 3.63) is 29.8 Å². The zero-order valence-electron chi connectivity index (χ0n) is 12.6. The predicted octanol–water partition coefficient (Wildman–Crippen LogP) is 3.63. The van der Waals surface area contributed by atoms with Crippen molar-refractivity contribution >= 4 is 5.69 Å². The van der Waals surface area contributed by atoms with E-state index in [9.17, 15) is 5.26 Å². The van der Waals surface area contributed by atoms with Gasteiger partial charge in [0.05, 0.1) is 6.07 Å². The van der Waals surface area contributed by atoms with Crippen molar-refractivity contribution in [3.8, 4) is 6.07 Å². The fraction of sp³-hybridized carbons (Fsp3) is 0.588. The number of anilines is 1. The molecule has 0 spiro atoms. The van der Waals surface area contributed by atoms with E-state index < -0.39 is 0 Å². The molecule has 1 aliphatic carbocycles. The van der Waals surface area contributed by atoms with E-state index in [0.29, 0.717) is 6.04 Å². The normalized spacial score (nSPS) is 16.9. The molecular formula is C17H25N3. The van der Waals surface area contributed by atoms with Gasteiger partial charge in [-0.25, -0.2) is 0 Å². The molecule has 1 aliphatic rings. The fourth-order valence-corrected chi connectivity index (χ4v) is 3.00. The number of nitrogens with zero attached hydrogens (tertiary/aromatic N) is 2. The highest BCUT2D eigenvalue weighted by molar-refractivity contribution is 5.48. The quantitative estimate of drug-likeness (QED) is 0.858. The van der Waals surface area contributed by atoms with E-state index >= 15 is 0 Å². The second-order valence-electron chi connectivity index (χ2n) is 5.47. The van der Waals surface area contributed by atoms with Gasteiger partial charge < -0.3 is 4.90 Å². The minimum Gasteiger partial charge on any atom is -0.372 e. The third-order valence-electron chi connectivity index (χ3n) is 4.24. The third kappa shape index (κ3) is 3.52. The smallest absolute Gasteiger partial charge is 0.121 e. The van der Waals surface area contributed by atoms with Crippen molar-refractivity contribution in [2.75, 3.05) is 18.0 Å². The molecule has 1 unspecified atom stereocenters. The Balaban J connectivity index is 2.05. The van der Waals surface area contributed by atoms with E-state index in [2.05, 4.69) is 54.4 Å². The first-order valence-electron chi connectivity index (χ1n) is 7.79. The van der Waals surface area contributed by atoms with Crippen LogP contribution in [0.15, 0.2) is 24.3 Å². The van der Waals surface area contributed by atoms with Gasteiger partial charge in [0.1, 0.15) is 6.04 Å². The molecule has 0 saturated heterocycles. The summed E-state index contributed by atoms with van der Waals surface area (Å²) in [5.41, 5.74) is 2.31. The van der Waals surface area contributed by atoms with Crippen LogP contribution in [0.25, 0.3) is 0 Å². The summed E-state index contributed by atoms with van der Waals surface area (Å²) in [6.45, 7) is 6.35. The van der Waals surface area contributed by atoms with Crippen LogP contribution in [0.2, 0.25) is 0 Å². The summed E-state index contributed by atoms with van der Waals surface area (Å²) in [4.78, 5) is 2.32. The van der Waals surface area contributed by atoms with Crippen molar-refractivity contribution in [2.45, 2.75) is 51.6 Å². The molecule has 1 atom stereocenters. The number of hydrogen-bond acceptors (Lipinski definition) is 3. The Morgan fingerprint density at radius 3 is 2.30 bits per heavy atom. The molecule has 0 bridgehead atoms. The highest BCUT2D eigenvalue weighted by atomic mass is 15.1. The van der Waals surface area contributed by atoms with Crippen LogP contribution in [0, 0.1) is 11.3 Å². The summed E-state index contributed by atoms with van der Waals surface area (Å²) < 4.78 is 0. The second-order valence-corrected chi connectivity index (χ2v) is 5.47. The van der Waals surface area contributed by atoms with Gasteiger partial charge in [-0.3, -0.25) is 5.32 Å². The lowest BCUT2D eigenvalue weighted by Crippen LogP contribution is -2.29. The Morgan fingerprint density at radius 2 is 1.80 bits per heavy atom. The van der Waals surface area contributed by atoms with E-state index in [1.807, 2.05) is 0 Å². The van der Waals surface area contributed by atoms with Crippen LogP contribution >= 0.6 is 0 Å². The van der Waals surface area contributed by atoms with Crippen LogP contribution in [0.4, 0.5) is 5.69 Å². The lowest BCUT2D eigenvalue weighted by Gasteiger charge is -2.22. The first-order valence-corrected chi connectivity index (χ1v) is 7.79. The van der Waals surface area contributed by atoms with Gasteiger partial charge in [0.15, 0.2) is 0 Å². The maximum absolute atomic E-state index is 9.39. The van der Waals surface area contributed by atoms with Gasteiger partial charge in [0.2, 0.25) is 0 Å². The highest BCUT2D eigenvalue weighted by Gasteiger charge is 2.20. The van der Waals surface area contributed by atoms with Crippen LogP contribution in [-0.4, -0.2) is 19.1 Å².